The molecule has 0 radical (unpaired) electrons. The third kappa shape index (κ3) is 2.50. The van der Waals surface area contributed by atoms with Crippen molar-refractivity contribution in [1.29, 1.82) is 0 Å². The zero-order valence-electron chi connectivity index (χ0n) is 8.35. The van der Waals surface area contributed by atoms with Crippen molar-refractivity contribution in [1.82, 2.24) is 4.98 Å². The van der Waals surface area contributed by atoms with Crippen molar-refractivity contribution >= 4 is 23.1 Å². The summed E-state index contributed by atoms with van der Waals surface area (Å²) in [6, 6.07) is 4.94. The van der Waals surface area contributed by atoms with Crippen LogP contribution in [0.15, 0.2) is 30.5 Å². The quantitative estimate of drug-likeness (QED) is 0.827. The molecule has 0 saturated carbocycles. The first-order valence-corrected chi connectivity index (χ1v) is 4.98. The molecule has 6 heteroatoms. The van der Waals surface area contributed by atoms with E-state index in [9.17, 15) is 13.2 Å². The number of hydrogen-bond acceptors (Lipinski definition) is 2. The molecule has 0 aliphatic heterocycles. The number of anilines is 2. The molecule has 0 aliphatic rings. The van der Waals surface area contributed by atoms with Crippen molar-refractivity contribution < 1.29 is 13.2 Å². The van der Waals surface area contributed by atoms with Gasteiger partial charge in [0.2, 0.25) is 0 Å². The number of halogens is 4. The molecule has 0 spiro atoms. The molecule has 0 aliphatic carbocycles. The summed E-state index contributed by atoms with van der Waals surface area (Å²) in [5.74, 6) is -3.78. The Morgan fingerprint density at radius 3 is 2.41 bits per heavy atom. The highest BCUT2D eigenvalue weighted by atomic mass is 35.5. The van der Waals surface area contributed by atoms with E-state index in [0.717, 1.165) is 12.1 Å². The molecular formula is C11H6ClF3N2. The molecule has 1 heterocycles. The van der Waals surface area contributed by atoms with E-state index in [1.807, 2.05) is 0 Å². The van der Waals surface area contributed by atoms with Gasteiger partial charge in [-0.2, -0.15) is 0 Å². The van der Waals surface area contributed by atoms with Gasteiger partial charge in [-0.3, -0.25) is 0 Å². The minimum atomic E-state index is -1.52. The molecule has 0 bridgehead atoms. The summed E-state index contributed by atoms with van der Waals surface area (Å²) < 4.78 is 38.9. The summed E-state index contributed by atoms with van der Waals surface area (Å²) in [5.41, 5.74) is -0.196. The van der Waals surface area contributed by atoms with Gasteiger partial charge in [0, 0.05) is 6.20 Å². The van der Waals surface area contributed by atoms with Crippen LogP contribution in [-0.2, 0) is 0 Å². The molecule has 0 unspecified atom stereocenters. The molecule has 88 valence electrons. The van der Waals surface area contributed by atoms with E-state index < -0.39 is 17.5 Å². The summed E-state index contributed by atoms with van der Waals surface area (Å²) in [7, 11) is 0. The van der Waals surface area contributed by atoms with Crippen LogP contribution in [0, 0.1) is 17.5 Å². The van der Waals surface area contributed by atoms with Crippen LogP contribution in [0.2, 0.25) is 5.02 Å². The predicted octanol–water partition coefficient (Wildman–Crippen LogP) is 3.90. The van der Waals surface area contributed by atoms with E-state index in [1.54, 1.807) is 0 Å². The SMILES string of the molecule is Fc1ccc(Nc2ccc(Cl)cn2)c(F)c1F. The van der Waals surface area contributed by atoms with Gasteiger partial charge in [0.05, 0.1) is 10.7 Å². The Kier molecular flexibility index (Phi) is 3.19. The summed E-state index contributed by atoms with van der Waals surface area (Å²) in [6.45, 7) is 0. The van der Waals surface area contributed by atoms with Gasteiger partial charge >= 0.3 is 0 Å². The first kappa shape index (κ1) is 11.7. The molecule has 0 amide bonds. The first-order valence-electron chi connectivity index (χ1n) is 4.60. The maximum Gasteiger partial charge on any atom is 0.196 e. The van der Waals surface area contributed by atoms with Crippen LogP contribution in [0.5, 0.6) is 0 Å². The Morgan fingerprint density at radius 2 is 1.76 bits per heavy atom. The second-order valence-electron chi connectivity index (χ2n) is 3.21. The highest BCUT2D eigenvalue weighted by Gasteiger charge is 2.13. The van der Waals surface area contributed by atoms with E-state index in [-0.39, 0.29) is 11.5 Å². The lowest BCUT2D eigenvalue weighted by Crippen LogP contribution is -1.99. The Hall–Kier alpha value is -1.75. The minimum Gasteiger partial charge on any atom is -0.338 e. The molecule has 2 nitrogen and oxygen atoms in total. The second-order valence-corrected chi connectivity index (χ2v) is 3.65. The average Bonchev–Trinajstić information content (AvgIpc) is 2.33. The fourth-order valence-corrected chi connectivity index (χ4v) is 1.32. The van der Waals surface area contributed by atoms with Crippen LogP contribution in [0.1, 0.15) is 0 Å². The summed E-state index contributed by atoms with van der Waals surface area (Å²) in [6.07, 6.45) is 1.35. The van der Waals surface area contributed by atoms with Crippen LogP contribution in [0.25, 0.3) is 0 Å². The maximum absolute atomic E-state index is 13.3. The van der Waals surface area contributed by atoms with Crippen molar-refractivity contribution in [2.24, 2.45) is 0 Å². The van der Waals surface area contributed by atoms with Gasteiger partial charge in [0.1, 0.15) is 5.82 Å². The van der Waals surface area contributed by atoms with Crippen LogP contribution in [0.4, 0.5) is 24.7 Å². The molecule has 0 atom stereocenters. The molecular weight excluding hydrogens is 253 g/mol. The maximum atomic E-state index is 13.3. The van der Waals surface area contributed by atoms with Crippen molar-refractivity contribution in [2.45, 2.75) is 0 Å². The number of nitrogens with one attached hydrogen (secondary N) is 1. The average molecular weight is 259 g/mol. The smallest absolute Gasteiger partial charge is 0.196 e. The molecule has 1 N–H and O–H groups in total. The second kappa shape index (κ2) is 4.63. The van der Waals surface area contributed by atoms with Crippen molar-refractivity contribution in [2.75, 3.05) is 5.32 Å². The Bertz CT molecular complexity index is 543. The van der Waals surface area contributed by atoms with Crippen LogP contribution < -0.4 is 5.32 Å². The monoisotopic (exact) mass is 258 g/mol. The Labute approximate surface area is 100 Å². The van der Waals surface area contributed by atoms with E-state index >= 15 is 0 Å². The number of pyridine rings is 1. The predicted molar refractivity (Wildman–Crippen MR) is 58.8 cm³/mol. The lowest BCUT2D eigenvalue weighted by atomic mass is 10.2. The van der Waals surface area contributed by atoms with E-state index in [0.29, 0.717) is 5.02 Å². The molecule has 2 aromatic rings. The zero-order chi connectivity index (χ0) is 12.4. The molecule has 2 rings (SSSR count). The molecule has 0 saturated heterocycles. The molecule has 1 aromatic carbocycles. The fourth-order valence-electron chi connectivity index (χ4n) is 1.21. The molecule has 0 fully saturated rings. The third-order valence-electron chi connectivity index (χ3n) is 2.03. The Morgan fingerprint density at radius 1 is 1.00 bits per heavy atom. The van der Waals surface area contributed by atoms with Crippen molar-refractivity contribution in [3.8, 4) is 0 Å². The number of rotatable bonds is 2. The standard InChI is InChI=1S/C11H6ClF3N2/c12-6-1-4-9(16-5-6)17-8-3-2-7(13)10(14)11(8)15/h1-5H,(H,16,17). The van der Waals surface area contributed by atoms with Gasteiger partial charge in [-0.05, 0) is 24.3 Å². The van der Waals surface area contributed by atoms with Gasteiger partial charge in [0.25, 0.3) is 0 Å². The van der Waals surface area contributed by atoms with Crippen LogP contribution >= 0.6 is 11.6 Å². The van der Waals surface area contributed by atoms with Crippen LogP contribution in [-0.4, -0.2) is 4.98 Å². The lowest BCUT2D eigenvalue weighted by Gasteiger charge is -2.07. The topological polar surface area (TPSA) is 24.9 Å². The number of benzene rings is 1. The summed E-state index contributed by atoms with van der Waals surface area (Å²) in [5, 5.41) is 2.93. The lowest BCUT2D eigenvalue weighted by molar-refractivity contribution is 0.449. The summed E-state index contributed by atoms with van der Waals surface area (Å²) in [4.78, 5) is 3.84. The van der Waals surface area contributed by atoms with Gasteiger partial charge in [-0.25, -0.2) is 18.2 Å². The number of aromatic nitrogens is 1. The highest BCUT2D eigenvalue weighted by Crippen LogP contribution is 2.22. The van der Waals surface area contributed by atoms with Crippen LogP contribution in [0.3, 0.4) is 0 Å². The highest BCUT2D eigenvalue weighted by molar-refractivity contribution is 6.30. The van der Waals surface area contributed by atoms with Crippen molar-refractivity contribution in [3.63, 3.8) is 0 Å². The number of nitrogens with zero attached hydrogens (tertiary/aromatic N) is 1. The fraction of sp³-hybridized carbons (Fsp3) is 0. The normalized spacial score (nSPS) is 10.4. The first-order chi connectivity index (χ1) is 8.08. The third-order valence-corrected chi connectivity index (χ3v) is 2.25. The van der Waals surface area contributed by atoms with E-state index in [1.165, 1.54) is 18.3 Å². The largest absolute Gasteiger partial charge is 0.338 e. The minimum absolute atomic E-state index is 0.196. The van der Waals surface area contributed by atoms with Crippen molar-refractivity contribution in [3.05, 3.63) is 52.9 Å². The van der Waals surface area contributed by atoms with E-state index in [4.69, 9.17) is 11.6 Å². The van der Waals surface area contributed by atoms with Gasteiger partial charge in [-0.1, -0.05) is 11.6 Å². The Balaban J connectivity index is 2.30. The van der Waals surface area contributed by atoms with E-state index in [2.05, 4.69) is 10.3 Å². The number of hydrogen-bond donors (Lipinski definition) is 1. The van der Waals surface area contributed by atoms with Gasteiger partial charge in [0.15, 0.2) is 17.5 Å². The zero-order valence-corrected chi connectivity index (χ0v) is 9.10. The summed E-state index contributed by atoms with van der Waals surface area (Å²) >= 11 is 5.62. The van der Waals surface area contributed by atoms with Gasteiger partial charge in [-0.15, -0.1) is 0 Å². The molecule has 17 heavy (non-hydrogen) atoms. The molecule has 1 aromatic heterocycles. The van der Waals surface area contributed by atoms with Gasteiger partial charge < -0.3 is 5.32 Å².